The van der Waals surface area contributed by atoms with Crippen LogP contribution < -0.4 is 10.5 Å². The van der Waals surface area contributed by atoms with Gasteiger partial charge in [-0.3, -0.25) is 0 Å². The highest BCUT2D eigenvalue weighted by Gasteiger charge is 2.22. The Kier molecular flexibility index (Phi) is 3.81. The molecule has 0 spiro atoms. The van der Waals surface area contributed by atoms with Crippen LogP contribution in [-0.4, -0.2) is 39.6 Å². The Morgan fingerprint density at radius 1 is 1.29 bits per heavy atom. The first-order chi connectivity index (χ1) is 11.6. The van der Waals surface area contributed by atoms with Crippen LogP contribution in [0.1, 0.15) is 17.0 Å². The molecule has 0 bridgehead atoms. The molecule has 8 nitrogen and oxygen atoms in total. The number of aryl methyl sites for hydroxylation is 1. The highest BCUT2D eigenvalue weighted by Crippen LogP contribution is 2.28. The molecular weight excluding hydrogens is 378 g/mol. The number of nitrogens with two attached hydrogens (primary N) is 1. The van der Waals surface area contributed by atoms with E-state index in [4.69, 9.17) is 19.8 Å². The molecule has 3 aromatic rings. The summed E-state index contributed by atoms with van der Waals surface area (Å²) in [6, 6.07) is 3.82. The van der Waals surface area contributed by atoms with Crippen LogP contribution in [-0.2, 0) is 11.2 Å². The molecule has 0 radical (unpaired) electrons. The van der Waals surface area contributed by atoms with Crippen LogP contribution in [0.2, 0.25) is 0 Å². The van der Waals surface area contributed by atoms with Crippen LogP contribution >= 0.6 is 15.9 Å². The predicted molar refractivity (Wildman–Crippen MR) is 88.7 cm³/mol. The van der Waals surface area contributed by atoms with Gasteiger partial charge in [0.25, 0.3) is 0 Å². The maximum Gasteiger partial charge on any atom is 0.228 e. The summed E-state index contributed by atoms with van der Waals surface area (Å²) >= 11 is 3.46. The Balaban J connectivity index is 1.66. The molecule has 0 aromatic carbocycles. The second kappa shape index (κ2) is 5.99. The smallest absolute Gasteiger partial charge is 0.228 e. The fraction of sp³-hybridized carbons (Fsp3) is 0.333. The van der Waals surface area contributed by atoms with E-state index in [1.807, 2.05) is 19.1 Å². The lowest BCUT2D eigenvalue weighted by Gasteiger charge is -2.26. The van der Waals surface area contributed by atoms with Crippen molar-refractivity contribution in [2.45, 2.75) is 19.4 Å². The third kappa shape index (κ3) is 2.69. The van der Waals surface area contributed by atoms with Gasteiger partial charge in [0, 0.05) is 23.4 Å². The number of rotatable bonds is 4. The van der Waals surface area contributed by atoms with Crippen molar-refractivity contribution in [2.24, 2.45) is 0 Å². The summed E-state index contributed by atoms with van der Waals surface area (Å²) in [7, 11) is 0. The van der Waals surface area contributed by atoms with E-state index >= 15 is 0 Å². The fourth-order valence-electron chi connectivity index (χ4n) is 2.48. The Morgan fingerprint density at radius 2 is 2.12 bits per heavy atom. The third-order valence-electron chi connectivity index (χ3n) is 3.88. The molecule has 2 N–H and O–H groups in total. The molecule has 4 rings (SSSR count). The van der Waals surface area contributed by atoms with E-state index in [-0.39, 0.29) is 6.10 Å². The van der Waals surface area contributed by atoms with Crippen molar-refractivity contribution in [1.29, 1.82) is 0 Å². The van der Waals surface area contributed by atoms with Gasteiger partial charge >= 0.3 is 0 Å². The fourth-order valence-corrected chi connectivity index (χ4v) is 2.79. The summed E-state index contributed by atoms with van der Waals surface area (Å²) in [5, 5.41) is 7.54. The van der Waals surface area contributed by atoms with Crippen LogP contribution in [0.4, 0.5) is 5.69 Å². The van der Waals surface area contributed by atoms with E-state index in [9.17, 15) is 0 Å². The lowest BCUT2D eigenvalue weighted by atomic mass is 10.1. The van der Waals surface area contributed by atoms with Gasteiger partial charge in [0.05, 0.1) is 23.4 Å². The van der Waals surface area contributed by atoms with Crippen LogP contribution in [0.15, 0.2) is 21.2 Å². The Hall–Kier alpha value is -2.26. The molecule has 1 fully saturated rings. The SMILES string of the molecule is Cc1nc2nonc2c(N)c1Cc1ccc(Br)c(OC2COC2)n1. The normalized spacial score (nSPS) is 14.8. The van der Waals surface area contributed by atoms with Crippen molar-refractivity contribution in [2.75, 3.05) is 18.9 Å². The van der Waals surface area contributed by atoms with Gasteiger partial charge in [-0.25, -0.2) is 14.6 Å². The van der Waals surface area contributed by atoms with E-state index in [1.54, 1.807) is 0 Å². The quantitative estimate of drug-likeness (QED) is 0.719. The number of hydrogen-bond donors (Lipinski definition) is 1. The van der Waals surface area contributed by atoms with Gasteiger partial charge in [0.15, 0.2) is 5.52 Å². The predicted octanol–water partition coefficient (Wildman–Crippen LogP) is 2.03. The summed E-state index contributed by atoms with van der Waals surface area (Å²) in [5.74, 6) is 0.550. The maximum atomic E-state index is 6.20. The van der Waals surface area contributed by atoms with E-state index < -0.39 is 0 Å². The van der Waals surface area contributed by atoms with Crippen LogP contribution in [0.25, 0.3) is 11.2 Å². The average Bonchev–Trinajstić information content (AvgIpc) is 2.98. The molecule has 0 atom stereocenters. The average molecular weight is 392 g/mol. The molecule has 0 amide bonds. The van der Waals surface area contributed by atoms with Crippen molar-refractivity contribution in [1.82, 2.24) is 20.3 Å². The molecule has 124 valence electrons. The first-order valence-corrected chi connectivity index (χ1v) is 8.18. The second-order valence-electron chi connectivity index (χ2n) is 5.57. The number of nitrogen functional groups attached to an aromatic ring is 1. The monoisotopic (exact) mass is 391 g/mol. The summed E-state index contributed by atoms with van der Waals surface area (Å²) < 4.78 is 16.4. The Morgan fingerprint density at radius 3 is 2.88 bits per heavy atom. The summed E-state index contributed by atoms with van der Waals surface area (Å²) in [4.78, 5) is 8.94. The van der Waals surface area contributed by atoms with E-state index in [0.717, 1.165) is 21.4 Å². The summed E-state index contributed by atoms with van der Waals surface area (Å²) in [5.41, 5.74) is 10.0. The number of halogens is 1. The topological polar surface area (TPSA) is 109 Å². The molecule has 1 saturated heterocycles. The molecule has 1 aliphatic rings. The molecule has 0 aliphatic carbocycles. The zero-order valence-electron chi connectivity index (χ0n) is 12.8. The summed E-state index contributed by atoms with van der Waals surface area (Å²) in [6.07, 6.45) is 0.563. The summed E-state index contributed by atoms with van der Waals surface area (Å²) in [6.45, 7) is 3.05. The molecule has 9 heteroatoms. The van der Waals surface area contributed by atoms with Gasteiger partial charge in [0.2, 0.25) is 11.5 Å². The molecule has 1 aliphatic heterocycles. The highest BCUT2D eigenvalue weighted by molar-refractivity contribution is 9.10. The zero-order chi connectivity index (χ0) is 16.7. The first-order valence-electron chi connectivity index (χ1n) is 7.39. The number of hydrogen-bond acceptors (Lipinski definition) is 8. The number of anilines is 1. The lowest BCUT2D eigenvalue weighted by Crippen LogP contribution is -2.38. The van der Waals surface area contributed by atoms with Crippen LogP contribution in [0.5, 0.6) is 5.88 Å². The number of pyridine rings is 2. The number of ether oxygens (including phenoxy) is 2. The van der Waals surface area contributed by atoms with E-state index in [2.05, 4.69) is 36.2 Å². The van der Waals surface area contributed by atoms with Crippen molar-refractivity contribution in [3.63, 3.8) is 0 Å². The standard InChI is InChI=1S/C15H14BrN5O3/c1-7-10(12(17)13-14(18-7)21-24-20-13)4-8-2-3-11(16)15(19-8)23-9-5-22-6-9/h2-3,9H,4-6,17H2,1H3. The Bertz CT molecular complexity index is 910. The molecular formula is C15H14BrN5O3. The van der Waals surface area contributed by atoms with E-state index in [1.165, 1.54) is 0 Å². The van der Waals surface area contributed by atoms with Gasteiger partial charge in [-0.05, 0) is 45.3 Å². The van der Waals surface area contributed by atoms with Crippen molar-refractivity contribution < 1.29 is 14.1 Å². The third-order valence-corrected chi connectivity index (χ3v) is 4.48. The molecule has 24 heavy (non-hydrogen) atoms. The molecule has 4 heterocycles. The minimum absolute atomic E-state index is 0.0510. The first kappa shape index (κ1) is 15.3. The van der Waals surface area contributed by atoms with Gasteiger partial charge in [0.1, 0.15) is 6.10 Å². The van der Waals surface area contributed by atoms with E-state index in [0.29, 0.717) is 42.4 Å². The number of fused-ring (bicyclic) bond motifs is 1. The number of nitrogens with zero attached hydrogens (tertiary/aromatic N) is 4. The number of aromatic nitrogens is 4. The van der Waals surface area contributed by atoms with Crippen molar-refractivity contribution in [3.05, 3.63) is 33.6 Å². The van der Waals surface area contributed by atoms with Gasteiger partial charge in [-0.15, -0.1) is 0 Å². The highest BCUT2D eigenvalue weighted by atomic mass is 79.9. The minimum Gasteiger partial charge on any atom is -0.469 e. The van der Waals surface area contributed by atoms with Gasteiger partial charge < -0.3 is 15.2 Å². The van der Waals surface area contributed by atoms with Crippen molar-refractivity contribution in [3.8, 4) is 5.88 Å². The van der Waals surface area contributed by atoms with Gasteiger partial charge in [-0.1, -0.05) is 0 Å². The molecule has 3 aromatic heterocycles. The van der Waals surface area contributed by atoms with Crippen LogP contribution in [0, 0.1) is 6.92 Å². The largest absolute Gasteiger partial charge is 0.469 e. The Labute approximate surface area is 145 Å². The molecule has 0 saturated carbocycles. The zero-order valence-corrected chi connectivity index (χ0v) is 14.4. The maximum absolute atomic E-state index is 6.20. The lowest BCUT2D eigenvalue weighted by molar-refractivity contribution is -0.0816. The van der Waals surface area contributed by atoms with Crippen LogP contribution in [0.3, 0.4) is 0 Å². The van der Waals surface area contributed by atoms with Gasteiger partial charge in [-0.2, -0.15) is 0 Å². The second-order valence-corrected chi connectivity index (χ2v) is 6.42. The molecule has 0 unspecified atom stereocenters. The van der Waals surface area contributed by atoms with Crippen molar-refractivity contribution >= 4 is 32.8 Å². The minimum atomic E-state index is 0.0510.